The molecule has 0 aromatic carbocycles. The summed E-state index contributed by atoms with van der Waals surface area (Å²) in [6.45, 7) is 3.21. The van der Waals surface area contributed by atoms with Gasteiger partial charge in [0.05, 0.1) is 5.69 Å². The van der Waals surface area contributed by atoms with Crippen molar-refractivity contribution in [3.05, 3.63) is 17.8 Å². The molecule has 64 valence electrons. The van der Waals surface area contributed by atoms with E-state index in [9.17, 15) is 0 Å². The van der Waals surface area contributed by atoms with Crippen LogP contribution in [-0.2, 0) is 0 Å². The second-order valence-corrected chi connectivity index (χ2v) is 4.19. The Labute approximate surface area is 77.0 Å². The molecule has 0 bridgehead atoms. The maximum Gasteiger partial charge on any atom is 0.119 e. The first kappa shape index (κ1) is 7.92. The summed E-state index contributed by atoms with van der Waals surface area (Å²) in [7, 11) is 2.12. The lowest BCUT2D eigenvalue weighted by molar-refractivity contribution is 0.910. The topological polar surface area (TPSA) is 16.1 Å². The highest BCUT2D eigenvalue weighted by molar-refractivity contribution is 7.99. The molecule has 0 N–H and O–H groups in total. The van der Waals surface area contributed by atoms with Gasteiger partial charge in [-0.05, 0) is 18.6 Å². The molecule has 2 rings (SSSR count). The molecule has 0 aliphatic carbocycles. The van der Waals surface area contributed by atoms with Gasteiger partial charge in [0.25, 0.3) is 0 Å². The first-order chi connectivity index (χ1) is 5.77. The van der Waals surface area contributed by atoms with Crippen LogP contribution >= 0.6 is 11.8 Å². The maximum atomic E-state index is 4.39. The van der Waals surface area contributed by atoms with Crippen LogP contribution in [0, 0.1) is 6.92 Å². The minimum Gasteiger partial charge on any atom is -0.372 e. The minimum absolute atomic E-state index is 1.13. The average molecular weight is 180 g/mol. The van der Waals surface area contributed by atoms with Crippen LogP contribution in [-0.4, -0.2) is 24.3 Å². The zero-order valence-electron chi connectivity index (χ0n) is 7.37. The zero-order chi connectivity index (χ0) is 8.55. The van der Waals surface area contributed by atoms with Crippen molar-refractivity contribution in [2.24, 2.45) is 0 Å². The average Bonchev–Trinajstić information content (AvgIpc) is 2.07. The van der Waals surface area contributed by atoms with Crippen molar-refractivity contribution >= 4 is 17.4 Å². The Bertz CT molecular complexity index is 299. The van der Waals surface area contributed by atoms with E-state index >= 15 is 0 Å². The fourth-order valence-corrected chi connectivity index (χ4v) is 2.37. The molecular weight excluding hydrogens is 168 g/mol. The molecule has 0 atom stereocenters. The van der Waals surface area contributed by atoms with Crippen LogP contribution in [0.15, 0.2) is 17.3 Å². The number of aromatic nitrogens is 1. The SMILES string of the molecule is Cc1cnc2c(c1)N(C)CCS2. The van der Waals surface area contributed by atoms with Gasteiger partial charge in [-0.15, -0.1) is 11.8 Å². The third kappa shape index (κ3) is 1.29. The van der Waals surface area contributed by atoms with Crippen molar-refractivity contribution in [1.82, 2.24) is 4.98 Å². The van der Waals surface area contributed by atoms with Crippen LogP contribution in [0.25, 0.3) is 0 Å². The number of nitrogens with zero attached hydrogens (tertiary/aromatic N) is 2. The lowest BCUT2D eigenvalue weighted by Crippen LogP contribution is -2.24. The van der Waals surface area contributed by atoms with Crippen LogP contribution in [0.2, 0.25) is 0 Å². The largest absolute Gasteiger partial charge is 0.372 e. The molecule has 1 aliphatic heterocycles. The van der Waals surface area contributed by atoms with Gasteiger partial charge in [-0.1, -0.05) is 0 Å². The number of hydrogen-bond donors (Lipinski definition) is 0. The van der Waals surface area contributed by atoms with Crippen molar-refractivity contribution in [3.8, 4) is 0 Å². The fourth-order valence-electron chi connectivity index (χ4n) is 1.33. The summed E-state index contributed by atoms with van der Waals surface area (Å²) < 4.78 is 0. The van der Waals surface area contributed by atoms with Gasteiger partial charge >= 0.3 is 0 Å². The first-order valence-corrected chi connectivity index (χ1v) is 5.06. The molecule has 0 amide bonds. The maximum absolute atomic E-state index is 4.39. The van der Waals surface area contributed by atoms with Crippen molar-refractivity contribution in [1.29, 1.82) is 0 Å². The molecular formula is C9H12N2S. The third-order valence-electron chi connectivity index (χ3n) is 2.05. The Morgan fingerprint density at radius 3 is 3.25 bits per heavy atom. The summed E-state index contributed by atoms with van der Waals surface area (Å²) in [5.74, 6) is 1.15. The van der Waals surface area contributed by atoms with Gasteiger partial charge in [0.15, 0.2) is 0 Å². The molecule has 12 heavy (non-hydrogen) atoms. The van der Waals surface area contributed by atoms with Crippen molar-refractivity contribution in [3.63, 3.8) is 0 Å². The number of anilines is 1. The monoisotopic (exact) mass is 180 g/mol. The molecule has 0 saturated heterocycles. The number of fused-ring (bicyclic) bond motifs is 1. The smallest absolute Gasteiger partial charge is 0.119 e. The summed E-state index contributed by atoms with van der Waals surface area (Å²) >= 11 is 1.85. The number of thioether (sulfide) groups is 1. The number of rotatable bonds is 0. The molecule has 0 spiro atoms. The molecule has 2 heterocycles. The first-order valence-electron chi connectivity index (χ1n) is 4.08. The Hall–Kier alpha value is -0.700. The highest BCUT2D eigenvalue weighted by Gasteiger charge is 2.14. The van der Waals surface area contributed by atoms with E-state index in [1.165, 1.54) is 16.3 Å². The Balaban J connectivity index is 2.47. The van der Waals surface area contributed by atoms with Crippen molar-refractivity contribution in [2.75, 3.05) is 24.2 Å². The van der Waals surface area contributed by atoms with E-state index in [1.807, 2.05) is 18.0 Å². The van der Waals surface area contributed by atoms with Crippen molar-refractivity contribution < 1.29 is 0 Å². The summed E-state index contributed by atoms with van der Waals surface area (Å²) in [5.41, 5.74) is 2.52. The van der Waals surface area contributed by atoms with Crippen LogP contribution in [0.3, 0.4) is 0 Å². The second-order valence-electron chi connectivity index (χ2n) is 3.11. The highest BCUT2D eigenvalue weighted by atomic mass is 32.2. The Morgan fingerprint density at radius 1 is 1.58 bits per heavy atom. The molecule has 0 fully saturated rings. The fraction of sp³-hybridized carbons (Fsp3) is 0.444. The van der Waals surface area contributed by atoms with Gasteiger partial charge in [-0.25, -0.2) is 4.98 Å². The van der Waals surface area contributed by atoms with E-state index in [-0.39, 0.29) is 0 Å². The lowest BCUT2D eigenvalue weighted by Gasteiger charge is -2.26. The highest BCUT2D eigenvalue weighted by Crippen LogP contribution is 2.31. The van der Waals surface area contributed by atoms with E-state index in [2.05, 4.69) is 29.9 Å². The normalized spacial score (nSPS) is 16.0. The van der Waals surface area contributed by atoms with Crippen molar-refractivity contribution in [2.45, 2.75) is 11.9 Å². The lowest BCUT2D eigenvalue weighted by atomic mass is 10.3. The third-order valence-corrected chi connectivity index (χ3v) is 3.02. The standard InChI is InChI=1S/C9H12N2S/c1-7-5-8-9(10-6-7)12-4-3-11(8)2/h5-6H,3-4H2,1-2H3. The van der Waals surface area contributed by atoms with E-state index in [0.29, 0.717) is 0 Å². The Kier molecular flexibility index (Phi) is 1.97. The van der Waals surface area contributed by atoms with Crippen LogP contribution in [0.4, 0.5) is 5.69 Å². The molecule has 1 aromatic rings. The minimum atomic E-state index is 1.13. The molecule has 0 saturated carbocycles. The summed E-state index contributed by atoms with van der Waals surface area (Å²) in [5, 5.41) is 1.18. The zero-order valence-corrected chi connectivity index (χ0v) is 8.19. The second kappa shape index (κ2) is 2.98. The molecule has 1 aliphatic rings. The summed E-state index contributed by atoms with van der Waals surface area (Å²) in [6, 6.07) is 2.20. The van der Waals surface area contributed by atoms with Gasteiger partial charge in [0.1, 0.15) is 5.03 Å². The summed E-state index contributed by atoms with van der Waals surface area (Å²) in [4.78, 5) is 6.66. The van der Waals surface area contributed by atoms with Gasteiger partial charge in [-0.2, -0.15) is 0 Å². The predicted molar refractivity (Wildman–Crippen MR) is 53.0 cm³/mol. The van der Waals surface area contributed by atoms with E-state index in [1.54, 1.807) is 0 Å². The number of aryl methyl sites for hydroxylation is 1. The molecule has 3 heteroatoms. The van der Waals surface area contributed by atoms with Crippen LogP contribution in [0.1, 0.15) is 5.56 Å². The van der Waals surface area contributed by atoms with Gasteiger partial charge in [0, 0.05) is 25.5 Å². The number of hydrogen-bond acceptors (Lipinski definition) is 3. The molecule has 0 unspecified atom stereocenters. The summed E-state index contributed by atoms with van der Waals surface area (Å²) in [6.07, 6.45) is 1.94. The predicted octanol–water partition coefficient (Wildman–Crippen LogP) is 1.93. The molecule has 1 aromatic heterocycles. The Morgan fingerprint density at radius 2 is 2.42 bits per heavy atom. The van der Waals surface area contributed by atoms with Gasteiger partial charge in [0.2, 0.25) is 0 Å². The van der Waals surface area contributed by atoms with E-state index < -0.39 is 0 Å². The van der Waals surface area contributed by atoms with E-state index in [0.717, 1.165) is 12.3 Å². The van der Waals surface area contributed by atoms with Gasteiger partial charge in [-0.3, -0.25) is 0 Å². The molecule has 2 nitrogen and oxygen atoms in total. The van der Waals surface area contributed by atoms with Crippen LogP contribution < -0.4 is 4.90 Å². The molecule has 0 radical (unpaired) electrons. The van der Waals surface area contributed by atoms with Gasteiger partial charge < -0.3 is 4.90 Å². The van der Waals surface area contributed by atoms with E-state index in [4.69, 9.17) is 0 Å². The van der Waals surface area contributed by atoms with Crippen LogP contribution in [0.5, 0.6) is 0 Å². The quantitative estimate of drug-likeness (QED) is 0.607. The number of pyridine rings is 1.